The van der Waals surface area contributed by atoms with Crippen molar-refractivity contribution in [2.24, 2.45) is 0 Å². The average Bonchev–Trinajstić information content (AvgIpc) is 2.63. The second kappa shape index (κ2) is 9.00. The largest absolute Gasteiger partial charge is 0.480 e. The highest BCUT2D eigenvalue weighted by molar-refractivity contribution is 7.86. The monoisotopic (exact) mass is 440 g/mol. The predicted octanol–water partition coefficient (Wildman–Crippen LogP) is 0.473. The molecule has 2 N–H and O–H groups in total. The number of likely N-dealkylation sites (tertiary alicyclic amines) is 1. The first-order valence-corrected chi connectivity index (χ1v) is 11.4. The van der Waals surface area contributed by atoms with Gasteiger partial charge in [0.15, 0.2) is 6.10 Å². The van der Waals surface area contributed by atoms with Gasteiger partial charge >= 0.3 is 16.1 Å². The van der Waals surface area contributed by atoms with Crippen molar-refractivity contribution in [1.82, 2.24) is 10.2 Å². The molecular weight excluding hydrogens is 416 g/mol. The maximum Gasteiger partial charge on any atom is 0.317 e. The van der Waals surface area contributed by atoms with Gasteiger partial charge in [0, 0.05) is 18.9 Å². The lowest BCUT2D eigenvalue weighted by Crippen LogP contribution is -2.46. The summed E-state index contributed by atoms with van der Waals surface area (Å²) in [5.41, 5.74) is 0.686. The number of carboxylic acid groups (broad SMARTS) is 1. The molecular formula is C19H24N2O8S. The second-order valence-corrected chi connectivity index (χ2v) is 9.06. The van der Waals surface area contributed by atoms with Gasteiger partial charge in [0.1, 0.15) is 11.5 Å². The van der Waals surface area contributed by atoms with Crippen LogP contribution in [0.5, 0.6) is 11.5 Å². The normalized spacial score (nSPS) is 21.2. The molecule has 2 saturated heterocycles. The minimum absolute atomic E-state index is 0.00329. The zero-order chi connectivity index (χ0) is 21.9. The molecule has 0 radical (unpaired) electrons. The highest BCUT2D eigenvalue weighted by atomic mass is 32.2. The third kappa shape index (κ3) is 5.92. The van der Waals surface area contributed by atoms with Crippen LogP contribution in [0.4, 0.5) is 0 Å². The number of imide groups is 1. The van der Waals surface area contributed by atoms with Crippen LogP contribution in [0.2, 0.25) is 0 Å². The zero-order valence-corrected chi connectivity index (χ0v) is 17.3. The van der Waals surface area contributed by atoms with Gasteiger partial charge in [0.05, 0.1) is 12.8 Å². The lowest BCUT2D eigenvalue weighted by atomic mass is 9.88. The molecule has 2 fully saturated rings. The Morgan fingerprint density at radius 3 is 2.53 bits per heavy atom. The van der Waals surface area contributed by atoms with Gasteiger partial charge in [0.25, 0.3) is 5.91 Å². The number of benzene rings is 1. The van der Waals surface area contributed by atoms with Crippen molar-refractivity contribution in [2.75, 3.05) is 25.9 Å². The van der Waals surface area contributed by atoms with Gasteiger partial charge in [-0.15, -0.1) is 0 Å². The Labute approximate surface area is 174 Å². The number of hydrogen-bond donors (Lipinski definition) is 2. The number of nitrogens with zero attached hydrogens (tertiary/aromatic N) is 1. The van der Waals surface area contributed by atoms with E-state index in [0.717, 1.165) is 6.26 Å². The summed E-state index contributed by atoms with van der Waals surface area (Å²) in [5.74, 6) is -1.40. The minimum Gasteiger partial charge on any atom is -0.480 e. The molecule has 0 spiro atoms. The molecule has 0 bridgehead atoms. The summed E-state index contributed by atoms with van der Waals surface area (Å²) in [7, 11) is -3.80. The van der Waals surface area contributed by atoms with Crippen molar-refractivity contribution < 1.29 is 36.8 Å². The molecule has 0 saturated carbocycles. The number of amides is 2. The highest BCUT2D eigenvalue weighted by Gasteiger charge is 2.29. The molecule has 1 atom stereocenters. The van der Waals surface area contributed by atoms with Gasteiger partial charge in [-0.3, -0.25) is 24.6 Å². The molecule has 1 unspecified atom stereocenters. The molecule has 2 heterocycles. The average molecular weight is 440 g/mol. The zero-order valence-electron chi connectivity index (χ0n) is 16.5. The summed E-state index contributed by atoms with van der Waals surface area (Å²) in [6, 6.07) is 4.78. The molecule has 164 valence electrons. The number of rotatable bonds is 7. The van der Waals surface area contributed by atoms with E-state index in [1.54, 1.807) is 12.1 Å². The van der Waals surface area contributed by atoms with Crippen LogP contribution in [-0.2, 0) is 24.5 Å². The minimum atomic E-state index is -3.80. The maximum atomic E-state index is 11.9. The summed E-state index contributed by atoms with van der Waals surface area (Å²) in [6.45, 7) is 1.12. The van der Waals surface area contributed by atoms with Crippen LogP contribution in [0.1, 0.15) is 37.2 Å². The van der Waals surface area contributed by atoms with Gasteiger partial charge in [-0.2, -0.15) is 8.42 Å². The van der Waals surface area contributed by atoms with E-state index < -0.39 is 28.1 Å². The lowest BCUT2D eigenvalue weighted by Gasteiger charge is -2.31. The molecule has 2 amide bonds. The Bertz CT molecular complexity index is 938. The van der Waals surface area contributed by atoms with E-state index in [1.807, 2.05) is 4.90 Å². The number of carbonyl (C=O) groups is 3. The summed E-state index contributed by atoms with van der Waals surface area (Å²) < 4.78 is 34.4. The fraction of sp³-hybridized carbons (Fsp3) is 0.526. The smallest absolute Gasteiger partial charge is 0.317 e. The van der Waals surface area contributed by atoms with E-state index in [-0.39, 0.29) is 42.7 Å². The Morgan fingerprint density at radius 2 is 1.93 bits per heavy atom. The standard InChI is InChI=1S/C19H24N2O8S/c1-30(26,27)29-16-10-13(28-15-4-5-17(22)20-19(15)25)2-3-14(16)12-6-8-21(9-7-12)11-18(23)24/h2-3,10,12,15H,4-9,11H2,1H3,(H,23,24)(H,20,22,25). The fourth-order valence-corrected chi connectivity index (χ4v) is 4.17. The Kier molecular flexibility index (Phi) is 6.61. The quantitative estimate of drug-likeness (QED) is 0.457. The van der Waals surface area contributed by atoms with Crippen LogP contribution in [0.3, 0.4) is 0 Å². The Hall–Kier alpha value is -2.66. The van der Waals surface area contributed by atoms with Crippen LogP contribution < -0.4 is 14.2 Å². The van der Waals surface area contributed by atoms with E-state index in [0.29, 0.717) is 31.5 Å². The van der Waals surface area contributed by atoms with Crippen molar-refractivity contribution in [2.45, 2.75) is 37.7 Å². The van der Waals surface area contributed by atoms with Crippen molar-refractivity contribution in [3.05, 3.63) is 23.8 Å². The van der Waals surface area contributed by atoms with Crippen LogP contribution in [0, 0.1) is 0 Å². The molecule has 1 aromatic carbocycles. The third-order valence-corrected chi connectivity index (χ3v) is 5.56. The van der Waals surface area contributed by atoms with Crippen molar-refractivity contribution in [3.8, 4) is 11.5 Å². The van der Waals surface area contributed by atoms with Crippen LogP contribution in [-0.4, -0.2) is 68.2 Å². The van der Waals surface area contributed by atoms with E-state index >= 15 is 0 Å². The first kappa shape index (κ1) is 22.0. The SMILES string of the molecule is CS(=O)(=O)Oc1cc(OC2CCC(=O)NC2=O)ccc1C1CCN(CC(=O)O)CC1. The van der Waals surface area contributed by atoms with Gasteiger partial charge < -0.3 is 14.0 Å². The summed E-state index contributed by atoms with van der Waals surface area (Å²) in [6.07, 6.45) is 1.80. The van der Waals surface area contributed by atoms with E-state index in [9.17, 15) is 22.8 Å². The predicted molar refractivity (Wildman–Crippen MR) is 105 cm³/mol. The van der Waals surface area contributed by atoms with Crippen molar-refractivity contribution >= 4 is 27.9 Å². The third-order valence-electron chi connectivity index (χ3n) is 5.08. The molecule has 0 aromatic heterocycles. The summed E-state index contributed by atoms with van der Waals surface area (Å²) >= 11 is 0. The van der Waals surface area contributed by atoms with Crippen molar-refractivity contribution in [1.29, 1.82) is 0 Å². The maximum absolute atomic E-state index is 11.9. The highest BCUT2D eigenvalue weighted by Crippen LogP contribution is 2.37. The molecule has 30 heavy (non-hydrogen) atoms. The summed E-state index contributed by atoms with van der Waals surface area (Å²) in [4.78, 5) is 35.9. The number of ether oxygens (including phenoxy) is 1. The number of piperidine rings is 2. The van der Waals surface area contributed by atoms with E-state index in [4.69, 9.17) is 14.0 Å². The number of carbonyl (C=O) groups excluding carboxylic acids is 2. The number of nitrogens with one attached hydrogen (secondary N) is 1. The molecule has 11 heteroatoms. The first-order valence-electron chi connectivity index (χ1n) is 9.58. The van der Waals surface area contributed by atoms with Gasteiger partial charge in [-0.1, -0.05) is 6.07 Å². The van der Waals surface area contributed by atoms with Gasteiger partial charge in [0.2, 0.25) is 5.91 Å². The van der Waals surface area contributed by atoms with Crippen LogP contribution in [0.25, 0.3) is 0 Å². The molecule has 3 rings (SSSR count). The molecule has 10 nitrogen and oxygen atoms in total. The van der Waals surface area contributed by atoms with Crippen LogP contribution in [0.15, 0.2) is 18.2 Å². The molecule has 0 aliphatic carbocycles. The van der Waals surface area contributed by atoms with Gasteiger partial charge in [-0.05, 0) is 43.5 Å². The number of aliphatic carboxylic acids is 1. The number of hydrogen-bond acceptors (Lipinski definition) is 8. The van der Waals surface area contributed by atoms with E-state index in [2.05, 4.69) is 5.32 Å². The first-order chi connectivity index (χ1) is 14.1. The Morgan fingerprint density at radius 1 is 1.23 bits per heavy atom. The molecule has 2 aliphatic heterocycles. The fourth-order valence-electron chi connectivity index (χ4n) is 3.70. The number of carboxylic acids is 1. The Balaban J connectivity index is 1.77. The second-order valence-electron chi connectivity index (χ2n) is 7.49. The van der Waals surface area contributed by atoms with Gasteiger partial charge in [-0.25, -0.2) is 0 Å². The van der Waals surface area contributed by atoms with Crippen molar-refractivity contribution in [3.63, 3.8) is 0 Å². The topological polar surface area (TPSA) is 139 Å². The molecule has 2 aliphatic rings. The summed E-state index contributed by atoms with van der Waals surface area (Å²) in [5, 5.41) is 11.1. The van der Waals surface area contributed by atoms with E-state index in [1.165, 1.54) is 6.07 Å². The molecule has 1 aromatic rings. The lowest BCUT2D eigenvalue weighted by molar-refractivity contribution is -0.139. The van der Waals surface area contributed by atoms with Crippen LogP contribution >= 0.6 is 0 Å².